The largest absolute Gasteiger partial charge is 0.396 e. The second kappa shape index (κ2) is 9.43. The van der Waals surface area contributed by atoms with Crippen LogP contribution in [0.15, 0.2) is 6.20 Å². The number of aliphatic hydroxyl groups excluding tert-OH is 1. The number of amides is 2. The molecule has 0 bridgehead atoms. The number of hydrogen-bond acceptors (Lipinski definition) is 8. The van der Waals surface area contributed by atoms with Crippen molar-refractivity contribution in [3.8, 4) is 0 Å². The van der Waals surface area contributed by atoms with Crippen molar-refractivity contribution in [1.29, 1.82) is 0 Å². The number of hydrogen-bond donors (Lipinski definition) is 3. The normalized spacial score (nSPS) is 22.2. The van der Waals surface area contributed by atoms with Crippen LogP contribution in [0.5, 0.6) is 0 Å². The molecule has 12 heteroatoms. The Morgan fingerprint density at radius 1 is 1.38 bits per heavy atom. The average molecular weight is 477 g/mol. The fourth-order valence-corrected chi connectivity index (χ4v) is 4.82. The molecule has 3 N–H and O–H groups in total. The van der Waals surface area contributed by atoms with Gasteiger partial charge in [-0.25, -0.2) is 19.2 Å². The average Bonchev–Trinajstić information content (AvgIpc) is 3.30. The first-order valence-corrected chi connectivity index (χ1v) is 11.4. The van der Waals surface area contributed by atoms with Crippen LogP contribution in [0.1, 0.15) is 44.3 Å². The van der Waals surface area contributed by atoms with E-state index in [-0.39, 0.29) is 37.1 Å². The van der Waals surface area contributed by atoms with Crippen LogP contribution in [0.2, 0.25) is 0 Å². The fourth-order valence-electron chi connectivity index (χ4n) is 4.82. The van der Waals surface area contributed by atoms with Gasteiger partial charge in [0, 0.05) is 44.5 Å². The van der Waals surface area contributed by atoms with Gasteiger partial charge in [0.2, 0.25) is 0 Å². The van der Waals surface area contributed by atoms with Gasteiger partial charge in [0.25, 0.3) is 0 Å². The topological polar surface area (TPSA) is 123 Å². The smallest absolute Gasteiger partial charge is 0.321 e. The first-order chi connectivity index (χ1) is 16.2. The minimum atomic E-state index is -0.639. The lowest BCUT2D eigenvalue weighted by Gasteiger charge is -2.46. The number of anilines is 2. The van der Waals surface area contributed by atoms with Crippen molar-refractivity contribution in [2.45, 2.75) is 58.0 Å². The van der Waals surface area contributed by atoms with Gasteiger partial charge in [-0.15, -0.1) is 0 Å². The van der Waals surface area contributed by atoms with Crippen molar-refractivity contribution in [1.82, 2.24) is 34.9 Å². The maximum absolute atomic E-state index is 14.4. The number of aromatic amines is 1. The molecule has 1 unspecified atom stereocenters. The first-order valence-electron chi connectivity index (χ1n) is 11.4. The Morgan fingerprint density at radius 3 is 2.85 bits per heavy atom. The molecule has 2 aliphatic heterocycles. The lowest BCUT2D eigenvalue weighted by molar-refractivity contribution is 0.0337. The number of piperazine rings is 1. The lowest BCUT2D eigenvalue weighted by Crippen LogP contribution is -2.61. The molecule has 2 aliphatic rings. The summed E-state index contributed by atoms with van der Waals surface area (Å²) in [6.07, 6.45) is 1.71. The van der Waals surface area contributed by atoms with Crippen LogP contribution in [0.3, 0.4) is 0 Å². The van der Waals surface area contributed by atoms with E-state index in [2.05, 4.69) is 30.4 Å². The monoisotopic (exact) mass is 476 g/mol. The van der Waals surface area contributed by atoms with E-state index in [0.717, 1.165) is 24.0 Å². The van der Waals surface area contributed by atoms with E-state index < -0.39 is 11.4 Å². The second-order valence-corrected chi connectivity index (χ2v) is 9.50. The van der Waals surface area contributed by atoms with E-state index in [1.807, 2.05) is 37.6 Å². The molecule has 1 saturated heterocycles. The number of urea groups is 1. The molecule has 2 aromatic heterocycles. The van der Waals surface area contributed by atoms with Crippen LogP contribution in [0, 0.1) is 5.82 Å². The van der Waals surface area contributed by atoms with Crippen LogP contribution in [-0.2, 0) is 23.4 Å². The van der Waals surface area contributed by atoms with Crippen molar-refractivity contribution in [2.75, 3.05) is 39.2 Å². The van der Waals surface area contributed by atoms with Gasteiger partial charge >= 0.3 is 6.03 Å². The van der Waals surface area contributed by atoms with Crippen molar-refractivity contribution >= 4 is 17.7 Å². The standard InChI is InChI=1S/C22H33FN8O3/c1-13-9-29(4)14(6-7-32)10-30(13)21(33)31-11-15-18(22(31,2)3)27-28-19(15)26-20-16(23)8-24-17(25-20)12-34-5/h8,13-14,32H,6-7,9-12H2,1-5H3,(H2,24,25,26,27,28)/t13-,14?/m0/s1. The predicted molar refractivity (Wildman–Crippen MR) is 123 cm³/mol. The molecule has 0 spiro atoms. The number of aromatic nitrogens is 4. The number of H-pyrrole nitrogens is 1. The minimum Gasteiger partial charge on any atom is -0.396 e. The summed E-state index contributed by atoms with van der Waals surface area (Å²) in [7, 11) is 3.54. The highest BCUT2D eigenvalue weighted by atomic mass is 19.1. The Labute approximate surface area is 198 Å². The molecule has 0 aliphatic carbocycles. The Hall–Kier alpha value is -2.83. The summed E-state index contributed by atoms with van der Waals surface area (Å²) in [6.45, 7) is 7.81. The van der Waals surface area contributed by atoms with Gasteiger partial charge in [-0.3, -0.25) is 10.00 Å². The summed E-state index contributed by atoms with van der Waals surface area (Å²) in [5, 5.41) is 19.8. The molecule has 0 aromatic carbocycles. The number of nitrogens with one attached hydrogen (secondary N) is 2. The quantitative estimate of drug-likeness (QED) is 0.577. The van der Waals surface area contributed by atoms with Gasteiger partial charge in [-0.05, 0) is 34.2 Å². The highest BCUT2D eigenvalue weighted by Crippen LogP contribution is 2.42. The van der Waals surface area contributed by atoms with Crippen LogP contribution in [0.25, 0.3) is 0 Å². The molecule has 11 nitrogen and oxygen atoms in total. The number of rotatable bonds is 6. The van der Waals surface area contributed by atoms with Crippen LogP contribution in [-0.4, -0.2) is 91.9 Å². The number of carbonyl (C=O) groups is 1. The number of ether oxygens (including phenoxy) is 1. The molecule has 2 amide bonds. The molecule has 2 aromatic rings. The third-order valence-electron chi connectivity index (χ3n) is 6.83. The van der Waals surface area contributed by atoms with Crippen LogP contribution < -0.4 is 5.32 Å². The highest BCUT2D eigenvalue weighted by molar-refractivity contribution is 5.78. The predicted octanol–water partition coefficient (Wildman–Crippen LogP) is 1.79. The van der Waals surface area contributed by atoms with Crippen molar-refractivity contribution in [2.24, 2.45) is 0 Å². The minimum absolute atomic E-state index is 0.00142. The molecule has 34 heavy (non-hydrogen) atoms. The van der Waals surface area contributed by atoms with Gasteiger partial charge in [0.1, 0.15) is 6.61 Å². The Bertz CT molecular complexity index is 1050. The Balaban J connectivity index is 1.56. The highest BCUT2D eigenvalue weighted by Gasteiger charge is 2.46. The van der Waals surface area contributed by atoms with Crippen LogP contribution in [0.4, 0.5) is 20.8 Å². The summed E-state index contributed by atoms with van der Waals surface area (Å²) >= 11 is 0. The number of fused-ring (bicyclic) bond motifs is 1. The number of nitrogens with zero attached hydrogens (tertiary/aromatic N) is 6. The molecule has 0 saturated carbocycles. The molecule has 4 rings (SSSR count). The van der Waals surface area contributed by atoms with Gasteiger partial charge in [-0.1, -0.05) is 0 Å². The van der Waals surface area contributed by atoms with Gasteiger partial charge in [0.15, 0.2) is 23.3 Å². The number of aliphatic hydroxyl groups is 1. The van der Waals surface area contributed by atoms with Crippen LogP contribution >= 0.6 is 0 Å². The summed E-state index contributed by atoms with van der Waals surface area (Å²) in [6, 6.07) is 0.0709. The van der Waals surface area contributed by atoms with Gasteiger partial charge < -0.3 is 25.0 Å². The molecule has 186 valence electrons. The number of carbonyl (C=O) groups excluding carboxylic acids is 1. The number of likely N-dealkylation sites (N-methyl/N-ethyl adjacent to an activating group) is 1. The molecule has 4 heterocycles. The maximum Gasteiger partial charge on any atom is 0.321 e. The van der Waals surface area contributed by atoms with E-state index in [4.69, 9.17) is 4.74 Å². The number of methoxy groups -OCH3 is 1. The van der Waals surface area contributed by atoms with E-state index in [1.54, 1.807) is 0 Å². The van der Waals surface area contributed by atoms with E-state index >= 15 is 0 Å². The SMILES string of the molecule is COCc1ncc(F)c(Nc2n[nH]c3c2CN(C(=O)N2CC(CCO)N(C)C[C@@H]2C)C3(C)C)n1. The molecular formula is C22H33FN8O3. The summed E-state index contributed by atoms with van der Waals surface area (Å²) in [5.74, 6) is 0.155. The zero-order chi connectivity index (χ0) is 24.6. The zero-order valence-corrected chi connectivity index (χ0v) is 20.3. The molecular weight excluding hydrogens is 443 g/mol. The van der Waals surface area contributed by atoms with Crippen molar-refractivity contribution in [3.63, 3.8) is 0 Å². The third kappa shape index (κ3) is 4.32. The fraction of sp³-hybridized carbons (Fsp3) is 0.636. The number of halogens is 1. The third-order valence-corrected chi connectivity index (χ3v) is 6.83. The summed E-state index contributed by atoms with van der Waals surface area (Å²) in [4.78, 5) is 27.7. The van der Waals surface area contributed by atoms with Gasteiger partial charge in [-0.2, -0.15) is 5.10 Å². The first kappa shape index (κ1) is 24.3. The zero-order valence-electron chi connectivity index (χ0n) is 20.3. The summed E-state index contributed by atoms with van der Waals surface area (Å²) in [5.41, 5.74) is 0.947. The Kier molecular flexibility index (Phi) is 6.74. The van der Waals surface area contributed by atoms with Crippen molar-refractivity contribution in [3.05, 3.63) is 29.1 Å². The van der Waals surface area contributed by atoms with E-state index in [1.165, 1.54) is 7.11 Å². The van der Waals surface area contributed by atoms with E-state index in [9.17, 15) is 14.3 Å². The summed E-state index contributed by atoms with van der Waals surface area (Å²) < 4.78 is 19.4. The second-order valence-electron chi connectivity index (χ2n) is 9.50. The molecule has 2 atom stereocenters. The molecule has 1 fully saturated rings. The van der Waals surface area contributed by atoms with Crippen molar-refractivity contribution < 1.29 is 19.0 Å². The molecule has 0 radical (unpaired) electrons. The van der Waals surface area contributed by atoms with Gasteiger partial charge in [0.05, 0.1) is 24.0 Å². The lowest BCUT2D eigenvalue weighted by atomic mass is 10.0. The Morgan fingerprint density at radius 2 is 2.15 bits per heavy atom. The van der Waals surface area contributed by atoms with E-state index in [0.29, 0.717) is 31.2 Å². The maximum atomic E-state index is 14.4.